The first-order chi connectivity index (χ1) is 9.61. The van der Waals surface area contributed by atoms with Gasteiger partial charge in [0.1, 0.15) is 5.82 Å². The zero-order valence-electron chi connectivity index (χ0n) is 11.1. The lowest BCUT2D eigenvalue weighted by atomic mass is 10.0. The van der Waals surface area contributed by atoms with Crippen molar-refractivity contribution < 1.29 is 8.81 Å². The Morgan fingerprint density at radius 1 is 1.30 bits per heavy atom. The molecule has 0 aliphatic carbocycles. The molecule has 1 unspecified atom stereocenters. The Labute approximate surface area is 127 Å². The second kappa shape index (κ2) is 7.11. The fourth-order valence-corrected chi connectivity index (χ4v) is 2.56. The lowest BCUT2D eigenvalue weighted by Crippen LogP contribution is -2.24. The quantitative estimate of drug-likeness (QED) is 0.810. The maximum absolute atomic E-state index is 13.1. The molecule has 0 amide bonds. The molecule has 0 saturated carbocycles. The van der Waals surface area contributed by atoms with E-state index >= 15 is 0 Å². The summed E-state index contributed by atoms with van der Waals surface area (Å²) in [6.45, 7) is 2.94. The van der Waals surface area contributed by atoms with Gasteiger partial charge in [0.2, 0.25) is 0 Å². The van der Waals surface area contributed by atoms with Gasteiger partial charge in [-0.05, 0) is 54.7 Å². The Morgan fingerprint density at radius 2 is 2.10 bits per heavy atom. The van der Waals surface area contributed by atoms with Gasteiger partial charge in [-0.15, -0.1) is 0 Å². The molecule has 1 heterocycles. The molecule has 1 aromatic carbocycles. The van der Waals surface area contributed by atoms with E-state index in [1.54, 1.807) is 12.3 Å². The normalized spacial score (nSPS) is 12.6. The summed E-state index contributed by atoms with van der Waals surface area (Å²) in [5.41, 5.74) is 1.76. The van der Waals surface area contributed by atoms with Crippen molar-refractivity contribution in [3.05, 3.63) is 57.7 Å². The Hall–Kier alpha value is -1.03. The number of hydrogen-bond donors (Lipinski definition) is 1. The first kappa shape index (κ1) is 15.4. The lowest BCUT2D eigenvalue weighted by molar-refractivity contribution is 0.513. The molecule has 0 spiro atoms. The largest absolute Gasteiger partial charge is 0.453 e. The van der Waals surface area contributed by atoms with Gasteiger partial charge in [-0.3, -0.25) is 0 Å². The van der Waals surface area contributed by atoms with Crippen LogP contribution in [-0.4, -0.2) is 6.54 Å². The average molecular weight is 316 g/mol. The Balaban J connectivity index is 2.21. The van der Waals surface area contributed by atoms with E-state index in [4.69, 9.17) is 27.6 Å². The van der Waals surface area contributed by atoms with Gasteiger partial charge in [0.15, 0.2) is 5.22 Å². The topological polar surface area (TPSA) is 25.2 Å². The van der Waals surface area contributed by atoms with Gasteiger partial charge in [0.25, 0.3) is 0 Å². The number of hydrogen-bond acceptors (Lipinski definition) is 2. The van der Waals surface area contributed by atoms with E-state index in [-0.39, 0.29) is 11.9 Å². The third kappa shape index (κ3) is 3.75. The van der Waals surface area contributed by atoms with E-state index in [0.29, 0.717) is 16.7 Å². The standard InChI is InChI=1S/C15H16Cl2FNO/c1-2-6-19-14(12-5-7-20-15(12)17)8-10-3-4-11(18)9-13(10)16/h3-5,7,9,14,19H,2,6,8H2,1H3. The molecule has 1 atom stereocenters. The zero-order chi connectivity index (χ0) is 14.5. The lowest BCUT2D eigenvalue weighted by Gasteiger charge is -2.18. The predicted molar refractivity (Wildman–Crippen MR) is 79.9 cm³/mol. The minimum Gasteiger partial charge on any atom is -0.453 e. The predicted octanol–water partition coefficient (Wildman–Crippen LogP) is 5.01. The monoisotopic (exact) mass is 315 g/mol. The molecule has 2 rings (SSSR count). The molecule has 2 aromatic rings. The minimum absolute atomic E-state index is 0.0100. The van der Waals surface area contributed by atoms with Crippen molar-refractivity contribution in [1.29, 1.82) is 0 Å². The second-order valence-corrected chi connectivity index (χ2v) is 5.35. The van der Waals surface area contributed by atoms with E-state index in [1.807, 2.05) is 6.07 Å². The van der Waals surface area contributed by atoms with Crippen molar-refractivity contribution in [2.75, 3.05) is 6.54 Å². The highest BCUT2D eigenvalue weighted by molar-refractivity contribution is 6.31. The van der Waals surface area contributed by atoms with Crippen LogP contribution >= 0.6 is 23.2 Å². The minimum atomic E-state index is -0.335. The summed E-state index contributed by atoms with van der Waals surface area (Å²) in [6, 6.07) is 6.27. The van der Waals surface area contributed by atoms with Gasteiger partial charge < -0.3 is 9.73 Å². The van der Waals surface area contributed by atoms with Crippen molar-refractivity contribution in [2.45, 2.75) is 25.8 Å². The van der Waals surface area contributed by atoms with Gasteiger partial charge in [0, 0.05) is 16.6 Å². The fraction of sp³-hybridized carbons (Fsp3) is 0.333. The summed E-state index contributed by atoms with van der Waals surface area (Å²) < 4.78 is 18.2. The van der Waals surface area contributed by atoms with Crippen LogP contribution in [0.3, 0.4) is 0 Å². The van der Waals surface area contributed by atoms with E-state index < -0.39 is 0 Å². The highest BCUT2D eigenvalue weighted by Crippen LogP contribution is 2.29. The smallest absolute Gasteiger partial charge is 0.197 e. The van der Waals surface area contributed by atoms with Crippen LogP contribution in [-0.2, 0) is 6.42 Å². The summed E-state index contributed by atoms with van der Waals surface area (Å²) in [7, 11) is 0. The van der Waals surface area contributed by atoms with Crippen LogP contribution in [0.25, 0.3) is 0 Å². The number of halogens is 3. The average Bonchev–Trinajstić information content (AvgIpc) is 2.83. The molecule has 1 aromatic heterocycles. The maximum Gasteiger partial charge on any atom is 0.197 e. The Bertz CT molecular complexity index is 571. The molecular formula is C15H16Cl2FNO. The zero-order valence-corrected chi connectivity index (χ0v) is 12.6. The summed E-state index contributed by atoms with van der Waals surface area (Å²) in [6.07, 6.45) is 3.19. The number of rotatable bonds is 6. The van der Waals surface area contributed by atoms with E-state index in [1.165, 1.54) is 12.1 Å². The number of benzene rings is 1. The van der Waals surface area contributed by atoms with Crippen molar-refractivity contribution in [1.82, 2.24) is 5.32 Å². The van der Waals surface area contributed by atoms with Gasteiger partial charge in [-0.1, -0.05) is 24.6 Å². The summed E-state index contributed by atoms with van der Waals surface area (Å²) >= 11 is 12.1. The molecule has 108 valence electrons. The van der Waals surface area contributed by atoms with Gasteiger partial charge >= 0.3 is 0 Å². The van der Waals surface area contributed by atoms with Gasteiger partial charge in [0.05, 0.1) is 6.26 Å². The highest BCUT2D eigenvalue weighted by atomic mass is 35.5. The number of nitrogens with one attached hydrogen (secondary N) is 1. The maximum atomic E-state index is 13.1. The summed E-state index contributed by atoms with van der Waals surface area (Å²) in [4.78, 5) is 0. The molecule has 0 aliphatic heterocycles. The van der Waals surface area contributed by atoms with Crippen LogP contribution in [0.5, 0.6) is 0 Å². The van der Waals surface area contributed by atoms with Crippen molar-refractivity contribution in [3.63, 3.8) is 0 Å². The molecule has 0 radical (unpaired) electrons. The molecular weight excluding hydrogens is 300 g/mol. The van der Waals surface area contributed by atoms with Gasteiger partial charge in [-0.25, -0.2) is 4.39 Å². The van der Waals surface area contributed by atoms with E-state index in [9.17, 15) is 4.39 Å². The van der Waals surface area contributed by atoms with Gasteiger partial charge in [-0.2, -0.15) is 0 Å². The van der Waals surface area contributed by atoms with Crippen molar-refractivity contribution >= 4 is 23.2 Å². The van der Waals surface area contributed by atoms with E-state index in [2.05, 4.69) is 12.2 Å². The third-order valence-corrected chi connectivity index (χ3v) is 3.76. The highest BCUT2D eigenvalue weighted by Gasteiger charge is 2.18. The molecule has 0 fully saturated rings. The van der Waals surface area contributed by atoms with Crippen LogP contribution in [0.4, 0.5) is 4.39 Å². The Kier molecular flexibility index (Phi) is 5.46. The molecule has 2 nitrogen and oxygen atoms in total. The fourth-order valence-electron chi connectivity index (χ4n) is 2.07. The van der Waals surface area contributed by atoms with Crippen LogP contribution < -0.4 is 5.32 Å². The first-order valence-electron chi connectivity index (χ1n) is 6.52. The van der Waals surface area contributed by atoms with Crippen molar-refractivity contribution in [3.8, 4) is 0 Å². The third-order valence-electron chi connectivity index (χ3n) is 3.10. The first-order valence-corrected chi connectivity index (χ1v) is 7.27. The molecule has 1 N–H and O–H groups in total. The molecule has 0 aliphatic rings. The van der Waals surface area contributed by atoms with Crippen LogP contribution in [0.15, 0.2) is 34.9 Å². The SMILES string of the molecule is CCCNC(Cc1ccc(F)cc1Cl)c1ccoc1Cl. The van der Waals surface area contributed by atoms with E-state index in [0.717, 1.165) is 24.1 Å². The summed E-state index contributed by atoms with van der Waals surface area (Å²) in [5, 5.41) is 4.20. The van der Waals surface area contributed by atoms with Crippen molar-refractivity contribution in [2.24, 2.45) is 0 Å². The Morgan fingerprint density at radius 3 is 2.70 bits per heavy atom. The van der Waals surface area contributed by atoms with Crippen LogP contribution in [0.2, 0.25) is 10.2 Å². The summed E-state index contributed by atoms with van der Waals surface area (Å²) in [5.74, 6) is -0.335. The number of furan rings is 1. The molecule has 5 heteroatoms. The molecule has 0 saturated heterocycles. The van der Waals surface area contributed by atoms with Crippen LogP contribution in [0, 0.1) is 5.82 Å². The van der Waals surface area contributed by atoms with Crippen LogP contribution in [0.1, 0.15) is 30.5 Å². The molecule has 0 bridgehead atoms. The molecule has 20 heavy (non-hydrogen) atoms. The second-order valence-electron chi connectivity index (χ2n) is 4.60.